The Kier molecular flexibility index (Phi) is 5.06. The van der Waals surface area contributed by atoms with Crippen molar-refractivity contribution in [2.75, 3.05) is 44.2 Å². The lowest BCUT2D eigenvalue weighted by molar-refractivity contribution is -0.141. The summed E-state index contributed by atoms with van der Waals surface area (Å²) < 4.78 is 6.88. The van der Waals surface area contributed by atoms with Crippen LogP contribution in [0.3, 0.4) is 0 Å². The van der Waals surface area contributed by atoms with Crippen LogP contribution in [0.15, 0.2) is 24.3 Å². The van der Waals surface area contributed by atoms with Gasteiger partial charge in [0.25, 0.3) is 0 Å². The number of fused-ring (bicyclic) bond motifs is 1. The third-order valence-electron chi connectivity index (χ3n) is 4.30. The van der Waals surface area contributed by atoms with Gasteiger partial charge >= 0.3 is 12.0 Å². The van der Waals surface area contributed by atoms with E-state index in [0.717, 1.165) is 17.0 Å². The van der Waals surface area contributed by atoms with Gasteiger partial charge in [-0.3, -0.25) is 4.79 Å². The molecule has 2 aromatic rings. The van der Waals surface area contributed by atoms with Gasteiger partial charge in [0.2, 0.25) is 5.95 Å². The molecule has 1 aromatic carbocycles. The van der Waals surface area contributed by atoms with Crippen molar-refractivity contribution in [3.8, 4) is 0 Å². The number of hydrogen-bond acceptors (Lipinski definition) is 5. The van der Waals surface area contributed by atoms with E-state index in [-0.39, 0.29) is 12.6 Å². The normalized spacial score (nSPS) is 14.6. The number of piperazine rings is 1. The molecule has 1 fully saturated rings. The van der Waals surface area contributed by atoms with Crippen LogP contribution < -0.4 is 10.2 Å². The Morgan fingerprint density at radius 1 is 1.20 bits per heavy atom. The first-order valence-electron chi connectivity index (χ1n) is 8.45. The van der Waals surface area contributed by atoms with E-state index in [9.17, 15) is 9.59 Å². The zero-order valence-electron chi connectivity index (χ0n) is 14.6. The first-order valence-corrected chi connectivity index (χ1v) is 8.45. The van der Waals surface area contributed by atoms with Crippen LogP contribution in [0.25, 0.3) is 11.0 Å². The summed E-state index contributed by atoms with van der Waals surface area (Å²) in [6, 6.07) is 7.78. The molecule has 0 radical (unpaired) electrons. The highest BCUT2D eigenvalue weighted by Crippen LogP contribution is 2.21. The number of urea groups is 1. The molecule has 8 nitrogen and oxygen atoms in total. The van der Waals surface area contributed by atoms with Crippen molar-refractivity contribution in [1.82, 2.24) is 19.8 Å². The van der Waals surface area contributed by atoms with Gasteiger partial charge in [0, 0.05) is 33.2 Å². The molecule has 0 atom stereocenters. The molecule has 1 N–H and O–H groups in total. The summed E-state index contributed by atoms with van der Waals surface area (Å²) in [5.74, 6) is 0.488. The van der Waals surface area contributed by atoms with Gasteiger partial charge in [-0.25, -0.2) is 9.78 Å². The van der Waals surface area contributed by atoms with E-state index in [1.54, 1.807) is 11.8 Å². The zero-order valence-corrected chi connectivity index (χ0v) is 14.6. The number of anilines is 1. The second-order valence-corrected chi connectivity index (χ2v) is 5.90. The van der Waals surface area contributed by atoms with Crippen molar-refractivity contribution in [3.05, 3.63) is 24.3 Å². The van der Waals surface area contributed by atoms with Crippen LogP contribution >= 0.6 is 0 Å². The number of imidazole rings is 1. The Balaban J connectivity index is 1.57. The molecule has 1 aliphatic heterocycles. The number of ether oxygens (including phenoxy) is 1. The van der Waals surface area contributed by atoms with Crippen LogP contribution in [0.2, 0.25) is 0 Å². The van der Waals surface area contributed by atoms with Gasteiger partial charge in [-0.15, -0.1) is 0 Å². The molecule has 0 saturated carbocycles. The van der Waals surface area contributed by atoms with Crippen molar-refractivity contribution >= 4 is 29.0 Å². The van der Waals surface area contributed by atoms with Crippen LogP contribution in [0, 0.1) is 0 Å². The molecule has 0 spiro atoms. The quantitative estimate of drug-likeness (QED) is 0.835. The SMILES string of the molecule is CCOC(=O)CNC(=O)N1CCN(c2nc3ccccc3n2C)CC1. The number of hydrogen-bond donors (Lipinski definition) is 1. The predicted octanol–water partition coefficient (Wildman–Crippen LogP) is 0.968. The summed E-state index contributed by atoms with van der Waals surface area (Å²) in [5, 5.41) is 2.60. The van der Waals surface area contributed by atoms with Crippen LogP contribution in [-0.2, 0) is 16.6 Å². The minimum atomic E-state index is -0.422. The molecule has 0 unspecified atom stereocenters. The Hall–Kier alpha value is -2.77. The van der Waals surface area contributed by atoms with Crippen molar-refractivity contribution in [2.45, 2.75) is 6.92 Å². The van der Waals surface area contributed by atoms with Crippen LogP contribution in [0.5, 0.6) is 0 Å². The summed E-state index contributed by atoms with van der Waals surface area (Å²) >= 11 is 0. The maximum atomic E-state index is 12.1. The largest absolute Gasteiger partial charge is 0.465 e. The van der Waals surface area contributed by atoms with Gasteiger partial charge < -0.3 is 24.4 Å². The van der Waals surface area contributed by atoms with Gasteiger partial charge in [-0.05, 0) is 19.1 Å². The maximum Gasteiger partial charge on any atom is 0.325 e. The van der Waals surface area contributed by atoms with Crippen molar-refractivity contribution in [2.24, 2.45) is 7.05 Å². The highest BCUT2D eigenvalue weighted by Gasteiger charge is 2.24. The number of benzene rings is 1. The van der Waals surface area contributed by atoms with E-state index in [2.05, 4.69) is 14.8 Å². The van der Waals surface area contributed by atoms with E-state index < -0.39 is 5.97 Å². The number of nitrogens with zero attached hydrogens (tertiary/aromatic N) is 4. The second kappa shape index (κ2) is 7.42. The fourth-order valence-electron chi connectivity index (χ4n) is 3.00. The second-order valence-electron chi connectivity index (χ2n) is 5.90. The van der Waals surface area contributed by atoms with Crippen LogP contribution in [0.1, 0.15) is 6.92 Å². The molecular weight excluding hydrogens is 322 g/mol. The molecule has 134 valence electrons. The molecule has 0 bridgehead atoms. The lowest BCUT2D eigenvalue weighted by atomic mass is 10.3. The summed E-state index contributed by atoms with van der Waals surface area (Å²) in [6.07, 6.45) is 0. The Morgan fingerprint density at radius 2 is 1.92 bits per heavy atom. The topological polar surface area (TPSA) is 79.7 Å². The smallest absolute Gasteiger partial charge is 0.325 e. The molecule has 3 rings (SSSR count). The number of amides is 2. The summed E-state index contributed by atoms with van der Waals surface area (Å²) in [4.78, 5) is 32.0. The molecule has 25 heavy (non-hydrogen) atoms. The van der Waals surface area contributed by atoms with E-state index in [4.69, 9.17) is 9.72 Å². The predicted molar refractivity (Wildman–Crippen MR) is 94.5 cm³/mol. The van der Waals surface area contributed by atoms with E-state index >= 15 is 0 Å². The average molecular weight is 345 g/mol. The first kappa shape index (κ1) is 17.1. The lowest BCUT2D eigenvalue weighted by Gasteiger charge is -2.35. The van der Waals surface area contributed by atoms with Crippen LogP contribution in [0.4, 0.5) is 10.7 Å². The minimum Gasteiger partial charge on any atom is -0.465 e. The lowest BCUT2D eigenvalue weighted by Crippen LogP contribution is -2.53. The molecular formula is C17H23N5O3. The molecule has 1 aliphatic rings. The van der Waals surface area contributed by atoms with Gasteiger partial charge in [-0.1, -0.05) is 12.1 Å². The monoisotopic (exact) mass is 345 g/mol. The number of carbonyl (C=O) groups is 2. The molecule has 2 amide bonds. The molecule has 1 saturated heterocycles. The van der Waals surface area contributed by atoms with Gasteiger partial charge in [0.1, 0.15) is 6.54 Å². The molecule has 2 heterocycles. The first-order chi connectivity index (χ1) is 12.1. The number of nitrogens with one attached hydrogen (secondary N) is 1. The number of aromatic nitrogens is 2. The fraction of sp³-hybridized carbons (Fsp3) is 0.471. The highest BCUT2D eigenvalue weighted by atomic mass is 16.5. The maximum absolute atomic E-state index is 12.1. The third-order valence-corrected chi connectivity index (χ3v) is 4.30. The number of para-hydroxylation sites is 2. The number of rotatable bonds is 4. The fourth-order valence-corrected chi connectivity index (χ4v) is 3.00. The van der Waals surface area contributed by atoms with E-state index in [0.29, 0.717) is 32.8 Å². The van der Waals surface area contributed by atoms with Crippen LogP contribution in [-0.4, -0.2) is 65.8 Å². The van der Waals surface area contributed by atoms with Gasteiger partial charge in [0.15, 0.2) is 0 Å². The average Bonchev–Trinajstić information content (AvgIpc) is 2.97. The number of aryl methyl sites for hydroxylation is 1. The third kappa shape index (κ3) is 3.67. The minimum absolute atomic E-state index is 0.0996. The number of esters is 1. The van der Waals surface area contributed by atoms with Crippen molar-refractivity contribution < 1.29 is 14.3 Å². The Bertz CT molecular complexity index is 765. The number of carbonyl (C=O) groups excluding carboxylic acids is 2. The molecule has 0 aliphatic carbocycles. The van der Waals surface area contributed by atoms with Gasteiger partial charge in [-0.2, -0.15) is 0 Å². The Morgan fingerprint density at radius 3 is 2.60 bits per heavy atom. The van der Waals surface area contributed by atoms with Crippen molar-refractivity contribution in [1.29, 1.82) is 0 Å². The standard InChI is InChI=1S/C17H23N5O3/c1-3-25-15(23)12-18-17(24)22-10-8-21(9-11-22)16-19-13-6-4-5-7-14(13)20(16)2/h4-7H,3,8-12H2,1-2H3,(H,18,24). The summed E-state index contributed by atoms with van der Waals surface area (Å²) in [5.41, 5.74) is 2.06. The van der Waals surface area contributed by atoms with E-state index in [1.165, 1.54) is 0 Å². The van der Waals surface area contributed by atoms with Crippen molar-refractivity contribution in [3.63, 3.8) is 0 Å². The Labute approximate surface area is 146 Å². The zero-order chi connectivity index (χ0) is 17.8. The highest BCUT2D eigenvalue weighted by molar-refractivity contribution is 5.81. The molecule has 1 aromatic heterocycles. The molecule has 8 heteroatoms. The summed E-state index contributed by atoms with van der Waals surface area (Å²) in [7, 11) is 2.00. The van der Waals surface area contributed by atoms with E-state index in [1.807, 2.05) is 31.3 Å². The summed E-state index contributed by atoms with van der Waals surface area (Å²) in [6.45, 7) is 4.51. The van der Waals surface area contributed by atoms with Gasteiger partial charge in [0.05, 0.1) is 17.6 Å².